The van der Waals surface area contributed by atoms with Gasteiger partial charge in [-0.05, 0) is 24.3 Å². The molecule has 1 atom stereocenters. The van der Waals surface area contributed by atoms with Crippen LogP contribution in [0.25, 0.3) is 0 Å². The number of nitrogens with zero attached hydrogens (tertiary/aromatic N) is 1. The first-order valence-corrected chi connectivity index (χ1v) is 7.08. The summed E-state index contributed by atoms with van der Waals surface area (Å²) < 4.78 is 0. The van der Waals surface area contributed by atoms with Crippen molar-refractivity contribution in [3.05, 3.63) is 41.6 Å². The molecule has 0 saturated heterocycles. The zero-order valence-electron chi connectivity index (χ0n) is 12.7. The van der Waals surface area contributed by atoms with Gasteiger partial charge in [-0.1, -0.05) is 6.08 Å². The maximum Gasteiger partial charge on any atom is 0.270 e. The molecule has 122 valence electrons. The van der Waals surface area contributed by atoms with Gasteiger partial charge in [0.25, 0.3) is 5.91 Å². The molecular weight excluding hydrogens is 298 g/mol. The zero-order valence-corrected chi connectivity index (χ0v) is 12.7. The summed E-state index contributed by atoms with van der Waals surface area (Å²) in [5.41, 5.74) is 15.0. The Labute approximate surface area is 133 Å². The Balaban J connectivity index is 2.06. The highest BCUT2D eigenvalue weighted by atomic mass is 16.2. The van der Waals surface area contributed by atoms with Crippen molar-refractivity contribution < 1.29 is 14.4 Å². The van der Waals surface area contributed by atoms with E-state index in [4.69, 9.17) is 11.5 Å². The number of benzene rings is 1. The number of carbonyl (C=O) groups excluding carboxylic acids is 3. The fourth-order valence-corrected chi connectivity index (χ4v) is 2.14. The first-order valence-electron chi connectivity index (χ1n) is 7.08. The van der Waals surface area contributed by atoms with Gasteiger partial charge in [0.15, 0.2) is 0 Å². The van der Waals surface area contributed by atoms with Crippen LogP contribution >= 0.6 is 0 Å². The molecule has 0 radical (unpaired) electrons. The van der Waals surface area contributed by atoms with Crippen LogP contribution in [0.1, 0.15) is 23.2 Å². The van der Waals surface area contributed by atoms with Crippen molar-refractivity contribution in [2.45, 2.75) is 18.9 Å². The number of amides is 3. The molecule has 0 aliphatic carbocycles. The van der Waals surface area contributed by atoms with Crippen LogP contribution in [0.4, 0.5) is 5.69 Å². The van der Waals surface area contributed by atoms with E-state index in [9.17, 15) is 14.4 Å². The Morgan fingerprint density at radius 1 is 1.30 bits per heavy atom. The van der Waals surface area contributed by atoms with Gasteiger partial charge in [0.1, 0.15) is 0 Å². The van der Waals surface area contributed by atoms with E-state index in [1.165, 1.54) is 0 Å². The van der Waals surface area contributed by atoms with Gasteiger partial charge in [-0.2, -0.15) is 0 Å². The van der Waals surface area contributed by atoms with Gasteiger partial charge < -0.3 is 16.8 Å². The Morgan fingerprint density at radius 3 is 2.52 bits per heavy atom. The normalized spacial score (nSPS) is 15.1. The average molecular weight is 317 g/mol. The predicted molar refractivity (Wildman–Crippen MR) is 84.8 cm³/mol. The maximum atomic E-state index is 12.2. The van der Waals surface area contributed by atoms with Crippen molar-refractivity contribution in [3.8, 4) is 0 Å². The van der Waals surface area contributed by atoms with E-state index < -0.39 is 17.9 Å². The van der Waals surface area contributed by atoms with Crippen LogP contribution in [0.2, 0.25) is 0 Å². The van der Waals surface area contributed by atoms with Crippen LogP contribution in [-0.4, -0.2) is 35.8 Å². The quantitative estimate of drug-likeness (QED) is 0.572. The summed E-state index contributed by atoms with van der Waals surface area (Å²) >= 11 is 0. The zero-order chi connectivity index (χ0) is 17.0. The topological polar surface area (TPSA) is 131 Å². The largest absolute Gasteiger partial charge is 0.388 e. The van der Waals surface area contributed by atoms with Crippen LogP contribution in [0.3, 0.4) is 0 Å². The molecule has 0 aromatic heterocycles. The molecule has 0 fully saturated rings. The molecule has 1 aliphatic rings. The number of hydrogen-bond acceptors (Lipinski definition) is 5. The molecule has 8 nitrogen and oxygen atoms in total. The number of anilines is 1. The molecule has 23 heavy (non-hydrogen) atoms. The third-order valence-electron chi connectivity index (χ3n) is 3.49. The minimum absolute atomic E-state index is 0.0834. The van der Waals surface area contributed by atoms with E-state index in [-0.39, 0.29) is 18.7 Å². The lowest BCUT2D eigenvalue weighted by molar-refractivity contribution is -0.129. The first-order chi connectivity index (χ1) is 10.9. The Kier molecular flexibility index (Phi) is 4.97. The van der Waals surface area contributed by atoms with E-state index in [2.05, 4.69) is 10.7 Å². The summed E-state index contributed by atoms with van der Waals surface area (Å²) in [6.07, 6.45) is 1.84. The van der Waals surface area contributed by atoms with Gasteiger partial charge in [-0.25, -0.2) is 5.01 Å². The molecule has 8 heteroatoms. The number of primary amides is 1. The summed E-state index contributed by atoms with van der Waals surface area (Å²) in [6, 6.07) is 5.86. The first kappa shape index (κ1) is 16.5. The van der Waals surface area contributed by atoms with Crippen molar-refractivity contribution in [1.29, 1.82) is 0 Å². The third-order valence-corrected chi connectivity index (χ3v) is 3.49. The monoisotopic (exact) mass is 317 g/mol. The van der Waals surface area contributed by atoms with Gasteiger partial charge in [0.05, 0.1) is 6.04 Å². The van der Waals surface area contributed by atoms with E-state index in [1.807, 2.05) is 0 Å². The second kappa shape index (κ2) is 6.93. The summed E-state index contributed by atoms with van der Waals surface area (Å²) in [4.78, 5) is 35.2. The molecule has 6 N–H and O–H groups in total. The second-order valence-corrected chi connectivity index (χ2v) is 5.11. The standard InChI is InChI=1S/C15H19N5O3/c1-18-10-4-2-9(3-5-10)15(23)19-20-11(6-7-13(20)21)8-12(16)14(17)22/h2-6,12,18H,7-8,16H2,1H3,(H2,17,22)(H,19,23)/t12-/m0/s1. The van der Waals surface area contributed by atoms with Crippen molar-refractivity contribution in [2.75, 3.05) is 12.4 Å². The van der Waals surface area contributed by atoms with Gasteiger partial charge >= 0.3 is 0 Å². The smallest absolute Gasteiger partial charge is 0.270 e. The molecule has 0 bridgehead atoms. The molecule has 0 saturated carbocycles. The molecule has 1 aromatic carbocycles. The predicted octanol–water partition coefficient (Wildman–Crippen LogP) is -0.308. The second-order valence-electron chi connectivity index (χ2n) is 5.11. The molecule has 1 aliphatic heterocycles. The number of nitrogens with one attached hydrogen (secondary N) is 2. The molecule has 1 aromatic rings. The number of carbonyl (C=O) groups is 3. The maximum absolute atomic E-state index is 12.2. The summed E-state index contributed by atoms with van der Waals surface area (Å²) in [5.74, 6) is -1.39. The van der Waals surface area contributed by atoms with Crippen LogP contribution in [-0.2, 0) is 9.59 Å². The number of hydrazine groups is 1. The van der Waals surface area contributed by atoms with E-state index >= 15 is 0 Å². The van der Waals surface area contributed by atoms with Gasteiger partial charge in [-0.3, -0.25) is 19.8 Å². The van der Waals surface area contributed by atoms with E-state index in [0.29, 0.717) is 11.3 Å². The number of rotatable bonds is 6. The minimum Gasteiger partial charge on any atom is -0.388 e. The van der Waals surface area contributed by atoms with Crippen molar-refractivity contribution in [3.63, 3.8) is 0 Å². The lowest BCUT2D eigenvalue weighted by Gasteiger charge is -2.22. The lowest BCUT2D eigenvalue weighted by atomic mass is 10.1. The number of nitrogens with two attached hydrogens (primary N) is 2. The van der Waals surface area contributed by atoms with Gasteiger partial charge in [-0.15, -0.1) is 0 Å². The molecule has 1 heterocycles. The highest BCUT2D eigenvalue weighted by Gasteiger charge is 2.28. The molecule has 2 rings (SSSR count). The number of hydrogen-bond donors (Lipinski definition) is 4. The molecular formula is C15H19N5O3. The minimum atomic E-state index is -0.915. The van der Waals surface area contributed by atoms with E-state index in [1.54, 1.807) is 37.4 Å². The van der Waals surface area contributed by atoms with Crippen molar-refractivity contribution >= 4 is 23.4 Å². The highest BCUT2D eigenvalue weighted by Crippen LogP contribution is 2.19. The van der Waals surface area contributed by atoms with Gasteiger partial charge in [0.2, 0.25) is 11.8 Å². The molecule has 3 amide bonds. The lowest BCUT2D eigenvalue weighted by Crippen LogP contribution is -2.45. The summed E-state index contributed by atoms with van der Waals surface area (Å²) in [7, 11) is 1.77. The fourth-order valence-electron chi connectivity index (χ4n) is 2.14. The average Bonchev–Trinajstić information content (AvgIpc) is 2.87. The van der Waals surface area contributed by atoms with E-state index in [0.717, 1.165) is 10.7 Å². The Morgan fingerprint density at radius 2 is 1.96 bits per heavy atom. The summed E-state index contributed by atoms with van der Waals surface area (Å²) in [6.45, 7) is 0. The van der Waals surface area contributed by atoms with Gasteiger partial charge in [0, 0.05) is 36.8 Å². The molecule has 0 unspecified atom stereocenters. The molecule has 0 spiro atoms. The van der Waals surface area contributed by atoms with Crippen LogP contribution < -0.4 is 22.2 Å². The summed E-state index contributed by atoms with van der Waals surface area (Å²) in [5, 5.41) is 4.07. The third kappa shape index (κ3) is 3.86. The fraction of sp³-hybridized carbons (Fsp3) is 0.267. The Bertz CT molecular complexity index is 654. The van der Waals surface area contributed by atoms with Crippen molar-refractivity contribution in [2.24, 2.45) is 11.5 Å². The van der Waals surface area contributed by atoms with Crippen molar-refractivity contribution in [1.82, 2.24) is 10.4 Å². The SMILES string of the molecule is CNc1ccc(C(=O)NN2C(=O)CC=C2C[C@H](N)C(N)=O)cc1. The van der Waals surface area contributed by atoms with Crippen LogP contribution in [0.5, 0.6) is 0 Å². The van der Waals surface area contributed by atoms with Crippen LogP contribution in [0, 0.1) is 0 Å². The van der Waals surface area contributed by atoms with Crippen LogP contribution in [0.15, 0.2) is 36.0 Å². The Hall–Kier alpha value is -2.87. The highest BCUT2D eigenvalue weighted by molar-refractivity contribution is 5.96.